The third-order valence-electron chi connectivity index (χ3n) is 1.90. The van der Waals surface area contributed by atoms with Crippen LogP contribution in [0.4, 0.5) is 0 Å². The second-order valence-corrected chi connectivity index (χ2v) is 3.64. The Bertz CT molecular complexity index is 172. The quantitative estimate of drug-likeness (QED) is 0.276. The predicted molar refractivity (Wildman–Crippen MR) is 52.6 cm³/mol. The first-order valence-corrected chi connectivity index (χ1v) is 3.64. The summed E-state index contributed by atoms with van der Waals surface area (Å²) in [5.74, 6) is 2.83. The van der Waals surface area contributed by atoms with Crippen molar-refractivity contribution in [1.29, 1.82) is 0 Å². The molecule has 0 bridgehead atoms. The summed E-state index contributed by atoms with van der Waals surface area (Å²) in [5.41, 5.74) is -0.394. The Hall–Kier alpha value is -0.000130. The van der Waals surface area contributed by atoms with E-state index in [0.717, 1.165) is 0 Å². The van der Waals surface area contributed by atoms with Crippen molar-refractivity contribution in [3.63, 3.8) is 0 Å². The lowest BCUT2D eigenvalue weighted by molar-refractivity contribution is 0.122. The highest BCUT2D eigenvalue weighted by Crippen LogP contribution is 2.24. The van der Waals surface area contributed by atoms with Gasteiger partial charge in [0, 0.05) is 10.8 Å². The Kier molecular flexibility index (Phi) is 2.94. The van der Waals surface area contributed by atoms with Crippen molar-refractivity contribution in [1.82, 2.24) is 0 Å². The molecule has 1 N–H and O–H groups in total. The summed E-state index contributed by atoms with van der Waals surface area (Å²) in [4.78, 5) is 0. The van der Waals surface area contributed by atoms with Crippen LogP contribution < -0.4 is 0 Å². The summed E-state index contributed by atoms with van der Waals surface area (Å²) >= 11 is 3.77. The molecule has 0 amide bonds. The van der Waals surface area contributed by atoms with Crippen LogP contribution in [0.2, 0.25) is 0 Å². The molecule has 0 aromatic heterocycles. The lowest BCUT2D eigenvalue weighted by Gasteiger charge is -2.32. The molecule has 0 aromatic carbocycles. The number of thiol groups is 1. The van der Waals surface area contributed by atoms with E-state index in [1.807, 2.05) is 13.8 Å². The fourth-order valence-electron chi connectivity index (χ4n) is 0.293. The Morgan fingerprint density at radius 2 is 1.80 bits per heavy atom. The molecule has 0 aliphatic carbocycles. The van der Waals surface area contributed by atoms with Crippen molar-refractivity contribution < 1.29 is 5.11 Å². The number of hydrogen-bond acceptors (Lipinski definition) is 2. The Morgan fingerprint density at radius 3 is 1.90 bits per heavy atom. The van der Waals surface area contributed by atoms with Crippen LogP contribution in [0.1, 0.15) is 13.8 Å². The fourth-order valence-corrected chi connectivity index (χ4v) is 0.572. The normalized spacial score (nSPS) is 12.0. The van der Waals surface area contributed by atoms with Crippen molar-refractivity contribution in [2.24, 2.45) is 5.41 Å². The van der Waals surface area contributed by atoms with Gasteiger partial charge < -0.3 is 5.11 Å². The van der Waals surface area contributed by atoms with Crippen LogP contribution in [0.5, 0.6) is 0 Å². The van der Waals surface area contributed by atoms with Gasteiger partial charge in [-0.25, -0.2) is 0 Å². The third-order valence-corrected chi connectivity index (χ3v) is 2.01. The summed E-state index contributed by atoms with van der Waals surface area (Å²) in [6.07, 6.45) is 0. The van der Waals surface area contributed by atoms with E-state index in [0.29, 0.717) is 0 Å². The molecule has 0 fully saturated rings. The standard InChI is InChI=1S/C6H12B2OS/c1-5(2,3-4-10)6(7,8)9/h9-10H,7-8H2,1-2H3. The Balaban J connectivity index is 4.51. The molecule has 0 aliphatic heterocycles. The first kappa shape index (κ1) is 10.00. The largest absolute Gasteiger partial charge is 0.406 e. The molecule has 0 atom stereocenters. The number of hydrogen-bond donors (Lipinski definition) is 2. The van der Waals surface area contributed by atoms with E-state index < -0.39 is 10.8 Å². The molecule has 0 aromatic rings. The second-order valence-electron chi connectivity index (χ2n) is 3.42. The monoisotopic (exact) mass is 154 g/mol. The second kappa shape index (κ2) is 2.94. The minimum Gasteiger partial charge on any atom is -0.406 e. The van der Waals surface area contributed by atoms with Gasteiger partial charge in [0.1, 0.15) is 15.7 Å². The summed E-state index contributed by atoms with van der Waals surface area (Å²) in [6, 6.07) is 0. The van der Waals surface area contributed by atoms with E-state index in [1.165, 1.54) is 0 Å². The molecule has 0 spiro atoms. The first-order chi connectivity index (χ1) is 4.31. The lowest BCUT2D eigenvalue weighted by atomic mass is 9.52. The lowest BCUT2D eigenvalue weighted by Crippen LogP contribution is -2.44. The van der Waals surface area contributed by atoms with Crippen molar-refractivity contribution >= 4 is 28.3 Å². The zero-order chi connectivity index (χ0) is 8.41. The van der Waals surface area contributed by atoms with Gasteiger partial charge in [0.2, 0.25) is 0 Å². The van der Waals surface area contributed by atoms with Crippen molar-refractivity contribution in [3.8, 4) is 11.2 Å². The van der Waals surface area contributed by atoms with Gasteiger partial charge in [-0.1, -0.05) is 18.5 Å². The van der Waals surface area contributed by atoms with Crippen LogP contribution in [0.25, 0.3) is 0 Å². The smallest absolute Gasteiger partial charge is 0.133 e. The molecule has 0 radical (unpaired) electrons. The SMILES string of the molecule is BC(B)(O)C(C)(C)C#CS. The zero-order valence-electron chi connectivity index (χ0n) is 6.89. The maximum atomic E-state index is 9.54. The highest BCUT2D eigenvalue weighted by Gasteiger charge is 2.32. The van der Waals surface area contributed by atoms with Crippen molar-refractivity contribution in [2.75, 3.05) is 0 Å². The van der Waals surface area contributed by atoms with E-state index in [9.17, 15) is 5.11 Å². The minimum atomic E-state index is -0.775. The highest BCUT2D eigenvalue weighted by atomic mass is 32.1. The number of aliphatic hydroxyl groups is 1. The van der Waals surface area contributed by atoms with Crippen LogP contribution in [-0.4, -0.2) is 26.2 Å². The predicted octanol–water partition coefficient (Wildman–Crippen LogP) is -1.18. The molecule has 0 unspecified atom stereocenters. The van der Waals surface area contributed by atoms with Gasteiger partial charge in [-0.2, -0.15) is 0 Å². The molecule has 0 saturated carbocycles. The molecule has 10 heavy (non-hydrogen) atoms. The van der Waals surface area contributed by atoms with Gasteiger partial charge in [-0.3, -0.25) is 0 Å². The van der Waals surface area contributed by atoms with Gasteiger partial charge in [0.15, 0.2) is 0 Å². The van der Waals surface area contributed by atoms with Crippen molar-refractivity contribution in [2.45, 2.75) is 19.2 Å². The molecule has 0 rings (SSSR count). The van der Waals surface area contributed by atoms with Gasteiger partial charge >= 0.3 is 0 Å². The highest BCUT2D eigenvalue weighted by molar-refractivity contribution is 7.85. The Labute approximate surface area is 69.8 Å². The van der Waals surface area contributed by atoms with E-state index in [-0.39, 0.29) is 0 Å². The Morgan fingerprint density at radius 1 is 1.40 bits per heavy atom. The molecule has 4 heteroatoms. The third kappa shape index (κ3) is 2.32. The van der Waals surface area contributed by atoms with E-state index in [2.05, 4.69) is 23.8 Å². The summed E-state index contributed by atoms with van der Waals surface area (Å²) in [5, 5.41) is 11.3. The molecular formula is C6H12B2OS. The maximum Gasteiger partial charge on any atom is 0.133 e. The maximum absolute atomic E-state index is 9.54. The summed E-state index contributed by atoms with van der Waals surface area (Å²) < 4.78 is 0. The van der Waals surface area contributed by atoms with E-state index in [1.54, 1.807) is 15.7 Å². The average Bonchev–Trinajstić information content (AvgIpc) is 1.61. The summed E-state index contributed by atoms with van der Waals surface area (Å²) in [7, 11) is 3.48. The number of rotatable bonds is 1. The molecule has 54 valence electrons. The average molecular weight is 154 g/mol. The van der Waals surface area contributed by atoms with Gasteiger partial charge in [-0.15, -0.1) is 0 Å². The molecule has 1 nitrogen and oxygen atoms in total. The molecular weight excluding hydrogens is 142 g/mol. The molecule has 0 saturated heterocycles. The molecule has 0 heterocycles. The topological polar surface area (TPSA) is 20.2 Å². The van der Waals surface area contributed by atoms with Crippen LogP contribution in [0, 0.1) is 16.6 Å². The van der Waals surface area contributed by atoms with Gasteiger partial charge in [-0.05, 0) is 19.1 Å². The minimum absolute atomic E-state index is 0.394. The van der Waals surface area contributed by atoms with Crippen LogP contribution in [0.15, 0.2) is 0 Å². The van der Waals surface area contributed by atoms with Gasteiger partial charge in [0.25, 0.3) is 0 Å². The first-order valence-electron chi connectivity index (χ1n) is 3.20. The van der Waals surface area contributed by atoms with Gasteiger partial charge in [0.05, 0.1) is 0 Å². The van der Waals surface area contributed by atoms with Crippen LogP contribution in [-0.2, 0) is 0 Å². The van der Waals surface area contributed by atoms with Crippen LogP contribution in [0.3, 0.4) is 0 Å². The van der Waals surface area contributed by atoms with Crippen molar-refractivity contribution in [3.05, 3.63) is 0 Å². The fraction of sp³-hybridized carbons (Fsp3) is 0.667. The summed E-state index contributed by atoms with van der Waals surface area (Å²) in [6.45, 7) is 3.77. The van der Waals surface area contributed by atoms with E-state index >= 15 is 0 Å². The van der Waals surface area contributed by atoms with E-state index in [4.69, 9.17) is 0 Å². The zero-order valence-corrected chi connectivity index (χ0v) is 7.79. The molecule has 0 aliphatic rings. The van der Waals surface area contributed by atoms with Crippen LogP contribution >= 0.6 is 12.6 Å².